The molecule has 1 saturated heterocycles. The van der Waals surface area contributed by atoms with Crippen molar-refractivity contribution in [1.29, 1.82) is 0 Å². The SMILES string of the molecule is CC.CCC(=O)[C@H]1CCNC1.[HH].c1ccccc1. The average molecular weight is 237 g/mol. The van der Waals surface area contributed by atoms with E-state index >= 15 is 0 Å². The molecule has 0 amide bonds. The molecule has 1 N–H and O–H groups in total. The van der Waals surface area contributed by atoms with Gasteiger partial charge in [0.1, 0.15) is 5.78 Å². The molecule has 0 aromatic heterocycles. The molecule has 17 heavy (non-hydrogen) atoms. The van der Waals surface area contributed by atoms with Crippen LogP contribution in [-0.4, -0.2) is 18.9 Å². The van der Waals surface area contributed by atoms with E-state index < -0.39 is 0 Å². The zero-order valence-corrected chi connectivity index (χ0v) is 11.3. The highest BCUT2D eigenvalue weighted by Crippen LogP contribution is 2.09. The van der Waals surface area contributed by atoms with E-state index in [-0.39, 0.29) is 1.43 Å². The van der Waals surface area contributed by atoms with Crippen LogP contribution in [0.4, 0.5) is 0 Å². The maximum atomic E-state index is 11.0. The Balaban J connectivity index is 0. The Morgan fingerprint density at radius 2 is 1.65 bits per heavy atom. The number of carbonyl (C=O) groups is 1. The second-order valence-corrected chi connectivity index (χ2v) is 3.66. The fraction of sp³-hybridized carbons (Fsp3) is 0.533. The van der Waals surface area contributed by atoms with Crippen molar-refractivity contribution >= 4 is 5.78 Å². The summed E-state index contributed by atoms with van der Waals surface area (Å²) >= 11 is 0. The van der Waals surface area contributed by atoms with Crippen molar-refractivity contribution in [3.63, 3.8) is 0 Å². The normalized spacial score (nSPS) is 17.2. The molecule has 2 heteroatoms. The third-order valence-corrected chi connectivity index (χ3v) is 2.53. The number of rotatable bonds is 2. The van der Waals surface area contributed by atoms with Crippen LogP contribution in [0.15, 0.2) is 36.4 Å². The van der Waals surface area contributed by atoms with E-state index in [0.717, 1.165) is 19.5 Å². The summed E-state index contributed by atoms with van der Waals surface area (Å²) < 4.78 is 0. The molecule has 0 spiro atoms. The van der Waals surface area contributed by atoms with Crippen molar-refractivity contribution in [3.05, 3.63) is 36.4 Å². The lowest BCUT2D eigenvalue weighted by molar-refractivity contribution is -0.121. The smallest absolute Gasteiger partial charge is 0.137 e. The van der Waals surface area contributed by atoms with Gasteiger partial charge in [-0.3, -0.25) is 4.79 Å². The quantitative estimate of drug-likeness (QED) is 0.852. The fourth-order valence-electron chi connectivity index (χ4n) is 1.60. The van der Waals surface area contributed by atoms with Gasteiger partial charge in [0.15, 0.2) is 0 Å². The maximum Gasteiger partial charge on any atom is 0.137 e. The van der Waals surface area contributed by atoms with Crippen LogP contribution >= 0.6 is 0 Å². The summed E-state index contributed by atoms with van der Waals surface area (Å²) in [6, 6.07) is 12.0. The second-order valence-electron chi connectivity index (χ2n) is 3.66. The third-order valence-electron chi connectivity index (χ3n) is 2.53. The molecule has 0 radical (unpaired) electrons. The molecule has 0 saturated carbocycles. The van der Waals surface area contributed by atoms with E-state index in [1.807, 2.05) is 57.2 Å². The van der Waals surface area contributed by atoms with Crippen LogP contribution < -0.4 is 5.32 Å². The molecule has 1 aliphatic heterocycles. The molecule has 0 aliphatic carbocycles. The highest BCUT2D eigenvalue weighted by atomic mass is 16.1. The summed E-state index contributed by atoms with van der Waals surface area (Å²) in [5.41, 5.74) is 0. The molecule has 2 rings (SSSR count). The van der Waals surface area contributed by atoms with Crippen LogP contribution in [0, 0.1) is 5.92 Å². The van der Waals surface area contributed by atoms with Crippen LogP contribution in [0.3, 0.4) is 0 Å². The first kappa shape index (κ1) is 15.9. The molecular formula is C15H27NO. The van der Waals surface area contributed by atoms with Gasteiger partial charge >= 0.3 is 0 Å². The molecule has 1 aromatic carbocycles. The van der Waals surface area contributed by atoms with E-state index in [1.165, 1.54) is 0 Å². The largest absolute Gasteiger partial charge is 0.316 e. The predicted molar refractivity (Wildman–Crippen MR) is 76.2 cm³/mol. The zero-order chi connectivity index (χ0) is 12.9. The van der Waals surface area contributed by atoms with Gasteiger partial charge in [-0.1, -0.05) is 57.2 Å². The predicted octanol–water partition coefficient (Wildman–Crippen LogP) is 3.53. The molecule has 0 bridgehead atoms. The van der Waals surface area contributed by atoms with Crippen LogP contribution in [0.25, 0.3) is 0 Å². The molecule has 0 unspecified atom stereocenters. The van der Waals surface area contributed by atoms with E-state index in [2.05, 4.69) is 5.32 Å². The van der Waals surface area contributed by atoms with Crippen LogP contribution in [0.1, 0.15) is 35.0 Å². The number of nitrogens with one attached hydrogen (secondary N) is 1. The summed E-state index contributed by atoms with van der Waals surface area (Å²) in [5, 5.41) is 3.17. The van der Waals surface area contributed by atoms with E-state index in [1.54, 1.807) is 0 Å². The van der Waals surface area contributed by atoms with Crippen molar-refractivity contribution in [2.45, 2.75) is 33.6 Å². The average Bonchev–Trinajstić information content (AvgIpc) is 2.97. The van der Waals surface area contributed by atoms with Crippen molar-refractivity contribution in [3.8, 4) is 0 Å². The Hall–Kier alpha value is -1.15. The molecular weight excluding hydrogens is 210 g/mol. The maximum absolute atomic E-state index is 11.0. The summed E-state index contributed by atoms with van der Waals surface area (Å²) in [4.78, 5) is 11.0. The van der Waals surface area contributed by atoms with Crippen molar-refractivity contribution in [1.82, 2.24) is 5.32 Å². The molecule has 2 nitrogen and oxygen atoms in total. The highest BCUT2D eigenvalue weighted by molar-refractivity contribution is 5.81. The zero-order valence-electron chi connectivity index (χ0n) is 11.3. The molecule has 1 aromatic rings. The molecule has 98 valence electrons. The Morgan fingerprint density at radius 3 is 1.94 bits per heavy atom. The van der Waals surface area contributed by atoms with Gasteiger partial charge in [0.25, 0.3) is 0 Å². The minimum atomic E-state index is 0. The second kappa shape index (κ2) is 11.3. The van der Waals surface area contributed by atoms with Crippen LogP contribution in [-0.2, 0) is 4.79 Å². The lowest BCUT2D eigenvalue weighted by Crippen LogP contribution is -2.16. The fourth-order valence-corrected chi connectivity index (χ4v) is 1.60. The highest BCUT2D eigenvalue weighted by Gasteiger charge is 2.19. The van der Waals surface area contributed by atoms with Gasteiger partial charge in [-0.2, -0.15) is 0 Å². The van der Waals surface area contributed by atoms with Gasteiger partial charge in [-0.05, 0) is 13.0 Å². The van der Waals surface area contributed by atoms with Gasteiger partial charge in [-0.25, -0.2) is 0 Å². The Labute approximate surface area is 107 Å². The number of hydrogen-bond donors (Lipinski definition) is 1. The number of benzene rings is 1. The van der Waals surface area contributed by atoms with E-state index in [0.29, 0.717) is 18.1 Å². The molecule has 1 heterocycles. The monoisotopic (exact) mass is 237 g/mol. The molecule has 1 aliphatic rings. The number of carbonyl (C=O) groups excluding carboxylic acids is 1. The third kappa shape index (κ3) is 7.70. The lowest BCUT2D eigenvalue weighted by atomic mass is 10.0. The van der Waals surface area contributed by atoms with Crippen LogP contribution in [0.2, 0.25) is 0 Å². The number of ketones is 1. The van der Waals surface area contributed by atoms with Crippen molar-refractivity contribution in [2.24, 2.45) is 5.92 Å². The van der Waals surface area contributed by atoms with Gasteiger partial charge in [-0.15, -0.1) is 0 Å². The summed E-state index contributed by atoms with van der Waals surface area (Å²) in [6.45, 7) is 7.86. The Kier molecular flexibility index (Phi) is 10.6. The molecule has 1 atom stereocenters. The first-order valence-electron chi connectivity index (χ1n) is 6.58. The first-order valence-corrected chi connectivity index (χ1v) is 6.58. The summed E-state index contributed by atoms with van der Waals surface area (Å²) in [7, 11) is 0. The number of Topliss-reactive ketones (excluding diaryl/α,β-unsaturated/α-hetero) is 1. The van der Waals surface area contributed by atoms with Gasteiger partial charge in [0, 0.05) is 20.3 Å². The Bertz CT molecular complexity index is 244. The Morgan fingerprint density at radius 1 is 1.18 bits per heavy atom. The lowest BCUT2D eigenvalue weighted by Gasteiger charge is -2.02. The summed E-state index contributed by atoms with van der Waals surface area (Å²) in [6.07, 6.45) is 1.75. The van der Waals surface area contributed by atoms with Gasteiger partial charge < -0.3 is 5.32 Å². The minimum absolute atomic E-state index is 0. The van der Waals surface area contributed by atoms with E-state index in [4.69, 9.17) is 0 Å². The van der Waals surface area contributed by atoms with Gasteiger partial charge in [0.2, 0.25) is 0 Å². The summed E-state index contributed by atoms with van der Waals surface area (Å²) in [5.74, 6) is 0.745. The number of hydrogen-bond acceptors (Lipinski definition) is 2. The van der Waals surface area contributed by atoms with Crippen molar-refractivity contribution < 1.29 is 6.22 Å². The molecule has 1 fully saturated rings. The first-order chi connectivity index (χ1) is 8.34. The van der Waals surface area contributed by atoms with Crippen LogP contribution in [0.5, 0.6) is 0 Å². The van der Waals surface area contributed by atoms with E-state index in [9.17, 15) is 4.79 Å². The van der Waals surface area contributed by atoms with Gasteiger partial charge in [0.05, 0.1) is 0 Å². The minimum Gasteiger partial charge on any atom is -0.316 e. The topological polar surface area (TPSA) is 29.1 Å². The standard InChI is InChI=1S/C7H13NO.C6H6.C2H6.H2/c1-2-7(9)6-3-4-8-5-6;1-2-4-6-5-3-1;1-2;/h6,8H,2-5H2,1H3;1-6H;1-2H3;1H/t6-;;;/m0.../s1. The van der Waals surface area contributed by atoms with Crippen molar-refractivity contribution in [2.75, 3.05) is 13.1 Å².